The fraction of sp³-hybridized carbons (Fsp3) is 0.800. The molecule has 5 heteroatoms. The predicted octanol–water partition coefficient (Wildman–Crippen LogP) is 0.974. The Morgan fingerprint density at radius 3 is 2.13 bits per heavy atom. The molecular formula is C10H19ClN2O2. The molecule has 0 spiro atoms. The van der Waals surface area contributed by atoms with Crippen molar-refractivity contribution in [3.05, 3.63) is 0 Å². The highest BCUT2D eigenvalue weighted by Gasteiger charge is 2.33. The molecule has 4 nitrogen and oxygen atoms in total. The maximum Gasteiger partial charge on any atom is 0.237 e. The maximum atomic E-state index is 12.0. The summed E-state index contributed by atoms with van der Waals surface area (Å²) >= 11 is 5.71. The molecule has 0 saturated carbocycles. The molecule has 0 radical (unpaired) electrons. The van der Waals surface area contributed by atoms with E-state index in [1.807, 2.05) is 13.8 Å². The topological polar surface area (TPSA) is 63.4 Å². The van der Waals surface area contributed by atoms with E-state index in [2.05, 4.69) is 0 Å². The van der Waals surface area contributed by atoms with E-state index < -0.39 is 11.3 Å². The van der Waals surface area contributed by atoms with Crippen LogP contribution >= 0.6 is 11.6 Å². The number of carbonyl (C=O) groups is 2. The van der Waals surface area contributed by atoms with Crippen LogP contribution in [0.4, 0.5) is 0 Å². The number of alkyl halides is 1. The van der Waals surface area contributed by atoms with Gasteiger partial charge in [-0.15, -0.1) is 11.6 Å². The zero-order chi connectivity index (χ0) is 12.2. The van der Waals surface area contributed by atoms with Gasteiger partial charge >= 0.3 is 0 Å². The zero-order valence-electron chi connectivity index (χ0n) is 9.71. The van der Waals surface area contributed by atoms with Crippen LogP contribution in [0.25, 0.3) is 0 Å². The molecule has 0 aliphatic carbocycles. The van der Waals surface area contributed by atoms with E-state index >= 15 is 0 Å². The predicted molar refractivity (Wildman–Crippen MR) is 60.5 cm³/mol. The normalized spacial score (nSPS) is 11.6. The standard InChI is InChI=1S/C10H19ClN2O2/c1-7(2)13(5-8(12)14)9(15)10(3,4)6-11/h7H,5-6H2,1-4H3,(H2,12,14). The summed E-state index contributed by atoms with van der Waals surface area (Å²) in [4.78, 5) is 24.3. The van der Waals surface area contributed by atoms with Crippen LogP contribution in [0.1, 0.15) is 27.7 Å². The van der Waals surface area contributed by atoms with Crippen LogP contribution in [-0.4, -0.2) is 35.2 Å². The monoisotopic (exact) mass is 234 g/mol. The number of hydrogen-bond acceptors (Lipinski definition) is 2. The molecule has 88 valence electrons. The number of carbonyl (C=O) groups excluding carboxylic acids is 2. The molecule has 0 rings (SSSR count). The summed E-state index contributed by atoms with van der Waals surface area (Å²) in [6.07, 6.45) is 0. The van der Waals surface area contributed by atoms with E-state index in [1.165, 1.54) is 4.90 Å². The van der Waals surface area contributed by atoms with E-state index in [0.29, 0.717) is 0 Å². The Morgan fingerprint density at radius 1 is 1.40 bits per heavy atom. The minimum Gasteiger partial charge on any atom is -0.368 e. The summed E-state index contributed by atoms with van der Waals surface area (Å²) in [5.41, 5.74) is 4.42. The van der Waals surface area contributed by atoms with Gasteiger partial charge in [-0.3, -0.25) is 9.59 Å². The van der Waals surface area contributed by atoms with Crippen molar-refractivity contribution in [1.29, 1.82) is 0 Å². The second kappa shape index (κ2) is 5.35. The van der Waals surface area contributed by atoms with Gasteiger partial charge in [0.05, 0.1) is 12.0 Å². The average molecular weight is 235 g/mol. The maximum absolute atomic E-state index is 12.0. The summed E-state index contributed by atoms with van der Waals surface area (Å²) < 4.78 is 0. The van der Waals surface area contributed by atoms with Crippen molar-refractivity contribution < 1.29 is 9.59 Å². The van der Waals surface area contributed by atoms with Gasteiger partial charge in [0.15, 0.2) is 0 Å². The minimum atomic E-state index is -0.665. The fourth-order valence-corrected chi connectivity index (χ4v) is 1.22. The molecule has 0 bridgehead atoms. The van der Waals surface area contributed by atoms with Gasteiger partial charge < -0.3 is 10.6 Å². The molecule has 0 heterocycles. The van der Waals surface area contributed by atoms with E-state index in [0.717, 1.165) is 0 Å². The van der Waals surface area contributed by atoms with E-state index in [-0.39, 0.29) is 24.4 Å². The molecule has 15 heavy (non-hydrogen) atoms. The quantitative estimate of drug-likeness (QED) is 0.721. The lowest BCUT2D eigenvalue weighted by atomic mass is 9.93. The second-order valence-corrected chi connectivity index (χ2v) is 4.78. The number of halogens is 1. The number of amides is 2. The van der Waals surface area contributed by atoms with Gasteiger partial charge in [-0.1, -0.05) is 0 Å². The molecular weight excluding hydrogens is 216 g/mol. The highest BCUT2D eigenvalue weighted by Crippen LogP contribution is 2.21. The van der Waals surface area contributed by atoms with Crippen LogP contribution in [-0.2, 0) is 9.59 Å². The van der Waals surface area contributed by atoms with E-state index in [4.69, 9.17) is 17.3 Å². The largest absolute Gasteiger partial charge is 0.368 e. The first kappa shape index (κ1) is 14.2. The van der Waals surface area contributed by atoms with Crippen LogP contribution in [0.3, 0.4) is 0 Å². The Labute approximate surface area is 95.7 Å². The Kier molecular flexibility index (Phi) is 5.08. The highest BCUT2D eigenvalue weighted by molar-refractivity contribution is 6.19. The first-order chi connectivity index (χ1) is 6.72. The van der Waals surface area contributed by atoms with Gasteiger partial charge in [-0.2, -0.15) is 0 Å². The molecule has 0 saturated heterocycles. The van der Waals surface area contributed by atoms with Crippen molar-refractivity contribution in [3.8, 4) is 0 Å². The molecule has 0 atom stereocenters. The van der Waals surface area contributed by atoms with Gasteiger partial charge in [0, 0.05) is 11.9 Å². The molecule has 0 aromatic carbocycles. The first-order valence-corrected chi connectivity index (χ1v) is 5.41. The highest BCUT2D eigenvalue weighted by atomic mass is 35.5. The third-order valence-electron chi connectivity index (χ3n) is 2.12. The van der Waals surface area contributed by atoms with Gasteiger partial charge in [0.25, 0.3) is 0 Å². The first-order valence-electron chi connectivity index (χ1n) is 4.87. The Balaban J connectivity index is 4.78. The summed E-state index contributed by atoms with van der Waals surface area (Å²) in [6, 6.07) is -0.0625. The average Bonchev–Trinajstić information content (AvgIpc) is 2.12. The van der Waals surface area contributed by atoms with Crippen LogP contribution in [0, 0.1) is 5.41 Å². The molecule has 0 aliphatic rings. The third-order valence-corrected chi connectivity index (χ3v) is 2.79. The smallest absolute Gasteiger partial charge is 0.237 e. The van der Waals surface area contributed by atoms with Crippen LogP contribution in [0.5, 0.6) is 0 Å². The Hall–Kier alpha value is -0.770. The SMILES string of the molecule is CC(C)N(CC(N)=O)C(=O)C(C)(C)CCl. The van der Waals surface area contributed by atoms with Gasteiger partial charge in [-0.25, -0.2) is 0 Å². The van der Waals surface area contributed by atoms with E-state index in [1.54, 1.807) is 13.8 Å². The summed E-state index contributed by atoms with van der Waals surface area (Å²) in [6.45, 7) is 7.12. The summed E-state index contributed by atoms with van der Waals surface area (Å²) in [5.74, 6) is -0.443. The van der Waals surface area contributed by atoms with Crippen molar-refractivity contribution >= 4 is 23.4 Å². The summed E-state index contributed by atoms with van der Waals surface area (Å²) in [5, 5.41) is 0. The van der Waals surface area contributed by atoms with E-state index in [9.17, 15) is 9.59 Å². The van der Waals surface area contributed by atoms with Crippen molar-refractivity contribution in [2.24, 2.45) is 11.1 Å². The lowest BCUT2D eigenvalue weighted by Gasteiger charge is -2.32. The van der Waals surface area contributed by atoms with Gasteiger partial charge in [0.2, 0.25) is 11.8 Å². The Morgan fingerprint density at radius 2 is 1.87 bits per heavy atom. The van der Waals surface area contributed by atoms with Gasteiger partial charge in [0.1, 0.15) is 0 Å². The molecule has 2 N–H and O–H groups in total. The number of nitrogens with two attached hydrogens (primary N) is 1. The number of hydrogen-bond donors (Lipinski definition) is 1. The third kappa shape index (κ3) is 4.08. The van der Waals surface area contributed by atoms with Crippen molar-refractivity contribution in [2.45, 2.75) is 33.7 Å². The molecule has 0 unspecified atom stereocenters. The Bertz CT molecular complexity index is 252. The fourth-order valence-electron chi connectivity index (χ4n) is 1.10. The number of primary amides is 1. The zero-order valence-corrected chi connectivity index (χ0v) is 10.5. The van der Waals surface area contributed by atoms with Crippen LogP contribution in [0.15, 0.2) is 0 Å². The molecule has 0 aromatic rings. The van der Waals surface area contributed by atoms with Crippen LogP contribution in [0.2, 0.25) is 0 Å². The summed E-state index contributed by atoms with van der Waals surface area (Å²) in [7, 11) is 0. The van der Waals surface area contributed by atoms with Gasteiger partial charge in [-0.05, 0) is 27.7 Å². The second-order valence-electron chi connectivity index (χ2n) is 4.51. The van der Waals surface area contributed by atoms with Crippen LogP contribution < -0.4 is 5.73 Å². The van der Waals surface area contributed by atoms with Crippen molar-refractivity contribution in [3.63, 3.8) is 0 Å². The molecule has 0 aliphatic heterocycles. The molecule has 0 fully saturated rings. The number of nitrogens with zero attached hydrogens (tertiary/aromatic N) is 1. The number of rotatable bonds is 5. The lowest BCUT2D eigenvalue weighted by Crippen LogP contribution is -2.49. The minimum absolute atomic E-state index is 0.0587. The van der Waals surface area contributed by atoms with Crippen molar-refractivity contribution in [2.75, 3.05) is 12.4 Å². The molecule has 2 amide bonds. The molecule has 0 aromatic heterocycles. The van der Waals surface area contributed by atoms with Crippen molar-refractivity contribution in [1.82, 2.24) is 4.90 Å². The lowest BCUT2D eigenvalue weighted by molar-refractivity contribution is -0.143.